The van der Waals surface area contributed by atoms with Crippen molar-refractivity contribution in [1.29, 1.82) is 0 Å². The minimum atomic E-state index is -0.856. The van der Waals surface area contributed by atoms with Crippen molar-refractivity contribution >= 4 is 17.8 Å². The molecule has 7 nitrogen and oxygen atoms in total. The van der Waals surface area contributed by atoms with Crippen LogP contribution >= 0.6 is 0 Å². The van der Waals surface area contributed by atoms with E-state index in [0.717, 1.165) is 0 Å². The van der Waals surface area contributed by atoms with Crippen LogP contribution in [0.1, 0.15) is 38.1 Å². The average Bonchev–Trinajstić information content (AvgIpc) is 2.50. The predicted octanol–water partition coefficient (Wildman–Crippen LogP) is 1.81. The highest BCUT2D eigenvalue weighted by Gasteiger charge is 2.21. The summed E-state index contributed by atoms with van der Waals surface area (Å²) in [4.78, 5) is 34.3. The number of nitrogens with zero attached hydrogens (tertiary/aromatic N) is 3. The Kier molecular flexibility index (Phi) is 6.88. The van der Waals surface area contributed by atoms with Crippen LogP contribution in [0.25, 0.3) is 0 Å². The molecule has 7 heteroatoms. The molecular formula is C17H26N4O3. The number of ether oxygens (including phenoxy) is 1. The van der Waals surface area contributed by atoms with Crippen molar-refractivity contribution in [3.05, 3.63) is 30.1 Å². The summed E-state index contributed by atoms with van der Waals surface area (Å²) in [5.41, 5.74) is 0.158. The highest BCUT2D eigenvalue weighted by atomic mass is 16.5. The van der Waals surface area contributed by atoms with Gasteiger partial charge in [-0.3, -0.25) is 4.79 Å². The van der Waals surface area contributed by atoms with Gasteiger partial charge >= 0.3 is 5.97 Å². The molecule has 1 amide bonds. The second-order valence-electron chi connectivity index (χ2n) is 6.59. The largest absolute Gasteiger partial charge is 0.464 e. The summed E-state index contributed by atoms with van der Waals surface area (Å²) in [7, 11) is 3.62. The molecule has 0 aliphatic heterocycles. The Morgan fingerprint density at radius 2 is 1.88 bits per heavy atom. The number of aromatic nitrogens is 2. The SMILES string of the molecule is CCOC(=O)C(C=CC(C)(C)C)NC(=O)c1cnc(N(C)C)nc1. The number of allylic oxidation sites excluding steroid dienone is 1. The van der Waals surface area contributed by atoms with Gasteiger partial charge in [0.25, 0.3) is 5.91 Å². The summed E-state index contributed by atoms with van der Waals surface area (Å²) < 4.78 is 5.01. The number of esters is 1. The van der Waals surface area contributed by atoms with Gasteiger partial charge in [-0.25, -0.2) is 14.8 Å². The molecule has 1 aromatic heterocycles. The molecular weight excluding hydrogens is 308 g/mol. The molecule has 0 saturated heterocycles. The maximum atomic E-state index is 12.3. The highest BCUT2D eigenvalue weighted by Crippen LogP contribution is 2.15. The van der Waals surface area contributed by atoms with Gasteiger partial charge in [0.2, 0.25) is 5.95 Å². The molecule has 0 aliphatic carbocycles. The Balaban J connectivity index is 2.90. The van der Waals surface area contributed by atoms with Crippen LogP contribution in [-0.2, 0) is 9.53 Å². The van der Waals surface area contributed by atoms with Crippen LogP contribution in [0.15, 0.2) is 24.5 Å². The molecule has 0 aliphatic rings. The molecule has 1 heterocycles. The second-order valence-corrected chi connectivity index (χ2v) is 6.59. The zero-order chi connectivity index (χ0) is 18.3. The summed E-state index contributed by atoms with van der Waals surface area (Å²) in [5.74, 6) is -0.435. The van der Waals surface area contributed by atoms with E-state index in [0.29, 0.717) is 5.95 Å². The van der Waals surface area contributed by atoms with Gasteiger partial charge in [0.1, 0.15) is 6.04 Å². The first-order valence-electron chi connectivity index (χ1n) is 7.80. The molecule has 1 N–H and O–H groups in total. The number of nitrogens with one attached hydrogen (secondary N) is 1. The molecule has 1 rings (SSSR count). The fraction of sp³-hybridized carbons (Fsp3) is 0.529. The van der Waals surface area contributed by atoms with Gasteiger partial charge in [0.15, 0.2) is 0 Å². The van der Waals surface area contributed by atoms with Gasteiger partial charge in [-0.15, -0.1) is 0 Å². The summed E-state index contributed by atoms with van der Waals surface area (Å²) >= 11 is 0. The van der Waals surface area contributed by atoms with E-state index in [1.807, 2.05) is 40.9 Å². The van der Waals surface area contributed by atoms with E-state index in [2.05, 4.69) is 15.3 Å². The lowest BCUT2D eigenvalue weighted by Gasteiger charge is -2.17. The molecule has 1 atom stereocenters. The van der Waals surface area contributed by atoms with E-state index >= 15 is 0 Å². The van der Waals surface area contributed by atoms with Gasteiger partial charge < -0.3 is 15.0 Å². The second kappa shape index (κ2) is 8.42. The third-order valence-corrected chi connectivity index (χ3v) is 2.92. The van der Waals surface area contributed by atoms with Crippen molar-refractivity contribution in [1.82, 2.24) is 15.3 Å². The number of hydrogen-bond donors (Lipinski definition) is 1. The lowest BCUT2D eigenvalue weighted by Crippen LogP contribution is -2.40. The summed E-state index contributed by atoms with van der Waals surface area (Å²) in [6, 6.07) is -0.856. The number of rotatable bonds is 6. The number of amides is 1. The number of hydrogen-bond acceptors (Lipinski definition) is 6. The highest BCUT2D eigenvalue weighted by molar-refractivity contribution is 5.96. The topological polar surface area (TPSA) is 84.4 Å². The summed E-state index contributed by atoms with van der Waals surface area (Å²) in [6.07, 6.45) is 6.35. The van der Waals surface area contributed by atoms with Gasteiger partial charge in [-0.1, -0.05) is 32.9 Å². The molecule has 0 bridgehead atoms. The Hall–Kier alpha value is -2.44. The first-order chi connectivity index (χ1) is 11.1. The Labute approximate surface area is 143 Å². The third-order valence-electron chi connectivity index (χ3n) is 2.92. The van der Waals surface area contributed by atoms with Crippen molar-refractivity contribution < 1.29 is 14.3 Å². The van der Waals surface area contributed by atoms with E-state index in [1.54, 1.807) is 17.9 Å². The fourth-order valence-corrected chi connectivity index (χ4v) is 1.70. The monoisotopic (exact) mass is 334 g/mol. The normalized spacial score (nSPS) is 12.8. The lowest BCUT2D eigenvalue weighted by molar-refractivity contribution is -0.144. The smallest absolute Gasteiger partial charge is 0.332 e. The Morgan fingerprint density at radius 3 is 2.33 bits per heavy atom. The van der Waals surface area contributed by atoms with Crippen molar-refractivity contribution in [3.8, 4) is 0 Å². The summed E-state index contributed by atoms with van der Waals surface area (Å²) in [6.45, 7) is 7.97. The minimum absolute atomic E-state index is 0.119. The zero-order valence-electron chi connectivity index (χ0n) is 15.2. The molecule has 132 valence electrons. The van der Waals surface area contributed by atoms with E-state index in [9.17, 15) is 9.59 Å². The number of carbonyl (C=O) groups is 2. The van der Waals surface area contributed by atoms with E-state index < -0.39 is 17.9 Å². The number of carbonyl (C=O) groups excluding carboxylic acids is 2. The lowest BCUT2D eigenvalue weighted by atomic mass is 9.95. The Bertz CT molecular complexity index is 589. The maximum absolute atomic E-state index is 12.3. The van der Waals surface area contributed by atoms with Crippen LogP contribution in [-0.4, -0.2) is 48.6 Å². The van der Waals surface area contributed by atoms with E-state index in [4.69, 9.17) is 4.74 Å². The quantitative estimate of drug-likeness (QED) is 0.631. The van der Waals surface area contributed by atoms with Crippen molar-refractivity contribution in [3.63, 3.8) is 0 Å². The number of anilines is 1. The maximum Gasteiger partial charge on any atom is 0.332 e. The van der Waals surface area contributed by atoms with Gasteiger partial charge in [0, 0.05) is 26.5 Å². The minimum Gasteiger partial charge on any atom is -0.464 e. The zero-order valence-corrected chi connectivity index (χ0v) is 15.2. The van der Waals surface area contributed by atoms with Crippen molar-refractivity contribution in [2.45, 2.75) is 33.7 Å². The molecule has 1 aromatic rings. The standard InChI is InChI=1S/C17H26N4O3/c1-7-24-15(23)13(8-9-17(2,3)4)20-14(22)12-10-18-16(19-11-12)21(5)6/h8-11,13H,7H2,1-6H3,(H,20,22). The molecule has 24 heavy (non-hydrogen) atoms. The molecule has 0 aromatic carbocycles. The summed E-state index contributed by atoms with van der Waals surface area (Å²) in [5, 5.41) is 2.65. The Morgan fingerprint density at radius 1 is 1.29 bits per heavy atom. The van der Waals surface area contributed by atoms with E-state index in [1.165, 1.54) is 12.4 Å². The van der Waals surface area contributed by atoms with Crippen LogP contribution < -0.4 is 10.2 Å². The molecule has 0 spiro atoms. The first-order valence-corrected chi connectivity index (χ1v) is 7.80. The molecule has 1 unspecified atom stereocenters. The fourth-order valence-electron chi connectivity index (χ4n) is 1.70. The third kappa shape index (κ3) is 6.36. The van der Waals surface area contributed by atoms with Crippen LogP contribution in [0.4, 0.5) is 5.95 Å². The first kappa shape index (κ1) is 19.6. The molecule has 0 radical (unpaired) electrons. The predicted molar refractivity (Wildman–Crippen MR) is 92.8 cm³/mol. The van der Waals surface area contributed by atoms with Crippen molar-refractivity contribution in [2.24, 2.45) is 5.41 Å². The van der Waals surface area contributed by atoms with Gasteiger partial charge in [-0.05, 0) is 12.3 Å². The van der Waals surface area contributed by atoms with Crippen LogP contribution in [0, 0.1) is 5.41 Å². The molecule has 0 fully saturated rings. The van der Waals surface area contributed by atoms with Crippen LogP contribution in [0.3, 0.4) is 0 Å². The molecule has 0 saturated carbocycles. The van der Waals surface area contributed by atoms with Crippen LogP contribution in [0.5, 0.6) is 0 Å². The van der Waals surface area contributed by atoms with Crippen LogP contribution in [0.2, 0.25) is 0 Å². The van der Waals surface area contributed by atoms with Crippen molar-refractivity contribution in [2.75, 3.05) is 25.6 Å². The van der Waals surface area contributed by atoms with Gasteiger partial charge in [0.05, 0.1) is 12.2 Å². The average molecular weight is 334 g/mol. The van der Waals surface area contributed by atoms with Gasteiger partial charge in [-0.2, -0.15) is 0 Å². The van der Waals surface area contributed by atoms with E-state index in [-0.39, 0.29) is 17.6 Å².